The van der Waals surface area contributed by atoms with Crippen molar-refractivity contribution in [2.75, 3.05) is 0 Å². The summed E-state index contributed by atoms with van der Waals surface area (Å²) in [7, 11) is 0. The molecule has 4 rings (SSSR count). The summed E-state index contributed by atoms with van der Waals surface area (Å²) in [6.45, 7) is 16.5. The third-order valence-electron chi connectivity index (χ3n) is 11.2. The van der Waals surface area contributed by atoms with E-state index in [1.807, 2.05) is 0 Å². The number of hydrogen-bond acceptors (Lipinski definition) is 2. The zero-order valence-corrected chi connectivity index (χ0v) is 21.0. The molecule has 4 aliphatic carbocycles. The van der Waals surface area contributed by atoms with Crippen LogP contribution in [-0.2, 0) is 4.79 Å². The standard InChI is InChI=1S/C29H49NO/c1-7-20-15-21(30)16-26-27(31)17-22-24-12-11-23(19(4)10-8-9-18(2)3)28(24,5)14-13-25(22)29(20,26)6/h7,18-26H,1,8-17,30H2,2-6H3/t19-,20?,21?,22+,23-,24+,25+,26?,28-,29-/m1/s1. The van der Waals surface area contributed by atoms with Gasteiger partial charge in [-0.15, -0.1) is 6.58 Å². The van der Waals surface area contributed by atoms with Crippen molar-refractivity contribution in [1.82, 2.24) is 0 Å². The molecule has 3 unspecified atom stereocenters. The summed E-state index contributed by atoms with van der Waals surface area (Å²) in [6.07, 6.45) is 14.4. The van der Waals surface area contributed by atoms with E-state index in [0.717, 1.165) is 42.9 Å². The highest BCUT2D eigenvalue weighted by Gasteiger charge is 2.64. The first-order chi connectivity index (χ1) is 14.6. The van der Waals surface area contributed by atoms with Crippen LogP contribution in [0.15, 0.2) is 12.7 Å². The summed E-state index contributed by atoms with van der Waals surface area (Å²) in [5, 5.41) is 0. The number of allylic oxidation sites excluding steroid dienone is 1. The Morgan fingerprint density at radius 1 is 1.10 bits per heavy atom. The molecule has 2 heteroatoms. The summed E-state index contributed by atoms with van der Waals surface area (Å²) in [6, 6.07) is 0.165. The Morgan fingerprint density at radius 3 is 2.52 bits per heavy atom. The molecular formula is C29H49NO. The second kappa shape index (κ2) is 8.62. The van der Waals surface area contributed by atoms with Gasteiger partial charge in [0.15, 0.2) is 0 Å². The highest BCUT2D eigenvalue weighted by atomic mass is 16.1. The van der Waals surface area contributed by atoms with Crippen LogP contribution in [0.3, 0.4) is 0 Å². The monoisotopic (exact) mass is 427 g/mol. The zero-order chi connectivity index (χ0) is 22.6. The molecule has 4 aliphatic rings. The lowest BCUT2D eigenvalue weighted by molar-refractivity contribution is -0.161. The van der Waals surface area contributed by atoms with E-state index >= 15 is 0 Å². The van der Waals surface area contributed by atoms with Gasteiger partial charge in [0.2, 0.25) is 0 Å². The second-order valence-corrected chi connectivity index (χ2v) is 13.1. The van der Waals surface area contributed by atoms with Gasteiger partial charge in [0.25, 0.3) is 0 Å². The van der Waals surface area contributed by atoms with Crippen LogP contribution >= 0.6 is 0 Å². The highest BCUT2D eigenvalue weighted by molar-refractivity contribution is 5.83. The molecule has 0 heterocycles. The number of nitrogens with two attached hydrogens (primary N) is 1. The number of carbonyl (C=O) groups is 1. The molecule has 0 bridgehead atoms. The molecule has 0 saturated heterocycles. The van der Waals surface area contributed by atoms with Crippen LogP contribution < -0.4 is 5.73 Å². The lowest BCUT2D eigenvalue weighted by atomic mass is 9.42. The van der Waals surface area contributed by atoms with Crippen molar-refractivity contribution in [2.24, 2.45) is 63.9 Å². The van der Waals surface area contributed by atoms with E-state index in [0.29, 0.717) is 29.0 Å². The van der Waals surface area contributed by atoms with E-state index in [-0.39, 0.29) is 17.4 Å². The predicted molar refractivity (Wildman–Crippen MR) is 131 cm³/mol. The Balaban J connectivity index is 1.56. The number of fused-ring (bicyclic) bond motifs is 5. The molecule has 31 heavy (non-hydrogen) atoms. The van der Waals surface area contributed by atoms with Gasteiger partial charge in [-0.05, 0) is 90.8 Å². The van der Waals surface area contributed by atoms with Crippen molar-refractivity contribution in [3.63, 3.8) is 0 Å². The molecule has 0 aromatic heterocycles. The smallest absolute Gasteiger partial charge is 0.136 e. The zero-order valence-electron chi connectivity index (χ0n) is 21.0. The topological polar surface area (TPSA) is 43.1 Å². The maximum Gasteiger partial charge on any atom is 0.136 e. The van der Waals surface area contributed by atoms with Gasteiger partial charge in [-0.1, -0.05) is 60.0 Å². The maximum absolute atomic E-state index is 13.5. The molecule has 4 saturated carbocycles. The van der Waals surface area contributed by atoms with Crippen molar-refractivity contribution in [1.29, 1.82) is 0 Å². The van der Waals surface area contributed by atoms with Crippen LogP contribution in [-0.4, -0.2) is 11.8 Å². The van der Waals surface area contributed by atoms with Crippen LogP contribution in [0.5, 0.6) is 0 Å². The Kier molecular flexibility index (Phi) is 6.54. The number of rotatable bonds is 6. The maximum atomic E-state index is 13.5. The molecule has 2 nitrogen and oxygen atoms in total. The summed E-state index contributed by atoms with van der Waals surface area (Å²) in [5.74, 6) is 5.60. The van der Waals surface area contributed by atoms with Crippen LogP contribution in [0.2, 0.25) is 0 Å². The molecule has 4 fully saturated rings. The van der Waals surface area contributed by atoms with Crippen LogP contribution in [0, 0.1) is 58.2 Å². The Bertz CT molecular complexity index is 684. The van der Waals surface area contributed by atoms with Crippen molar-refractivity contribution < 1.29 is 4.79 Å². The number of ketones is 1. The van der Waals surface area contributed by atoms with Crippen LogP contribution in [0.4, 0.5) is 0 Å². The van der Waals surface area contributed by atoms with Gasteiger partial charge >= 0.3 is 0 Å². The third kappa shape index (κ3) is 3.77. The fourth-order valence-electron chi connectivity index (χ4n) is 9.60. The van der Waals surface area contributed by atoms with Crippen LogP contribution in [0.25, 0.3) is 0 Å². The fourth-order valence-corrected chi connectivity index (χ4v) is 9.60. The molecule has 0 aromatic carbocycles. The van der Waals surface area contributed by atoms with Crippen LogP contribution in [0.1, 0.15) is 98.8 Å². The van der Waals surface area contributed by atoms with E-state index in [4.69, 9.17) is 5.73 Å². The van der Waals surface area contributed by atoms with E-state index < -0.39 is 0 Å². The average molecular weight is 428 g/mol. The largest absolute Gasteiger partial charge is 0.328 e. The molecule has 0 spiro atoms. The third-order valence-corrected chi connectivity index (χ3v) is 11.2. The van der Waals surface area contributed by atoms with Gasteiger partial charge < -0.3 is 5.73 Å². The van der Waals surface area contributed by atoms with Crippen molar-refractivity contribution in [2.45, 2.75) is 105 Å². The van der Waals surface area contributed by atoms with Gasteiger partial charge in [0, 0.05) is 18.4 Å². The quantitative estimate of drug-likeness (QED) is 0.462. The molecular weight excluding hydrogens is 378 g/mol. The first-order valence-electron chi connectivity index (χ1n) is 13.5. The molecule has 2 N–H and O–H groups in total. The van der Waals surface area contributed by atoms with Crippen molar-refractivity contribution in [3.05, 3.63) is 12.7 Å². The molecule has 0 radical (unpaired) electrons. The highest BCUT2D eigenvalue weighted by Crippen LogP contribution is 2.68. The SMILES string of the molecule is C=CC1CC(N)CC2C(=O)C[C@@H]3[C@H](CC[C@]4(C)[C@@H]([C@H](C)CCCC(C)C)CC[C@@H]34)[C@@]12C. The van der Waals surface area contributed by atoms with Crippen molar-refractivity contribution in [3.8, 4) is 0 Å². The molecule has 176 valence electrons. The van der Waals surface area contributed by atoms with Gasteiger partial charge in [0.05, 0.1) is 0 Å². The average Bonchev–Trinajstić information content (AvgIpc) is 3.06. The van der Waals surface area contributed by atoms with E-state index in [2.05, 4.69) is 47.3 Å². The Morgan fingerprint density at radius 2 is 1.84 bits per heavy atom. The first-order valence-corrected chi connectivity index (χ1v) is 13.5. The van der Waals surface area contributed by atoms with Gasteiger partial charge in [-0.2, -0.15) is 0 Å². The predicted octanol–water partition coefficient (Wildman–Crippen LogP) is 7.03. The number of Topliss-reactive ketones (excluding diaryl/α,β-unsaturated/α-hetero) is 1. The summed E-state index contributed by atoms with van der Waals surface area (Å²) in [4.78, 5) is 13.5. The molecule has 0 aliphatic heterocycles. The molecule has 0 aromatic rings. The lowest BCUT2D eigenvalue weighted by Crippen LogP contribution is -2.60. The first kappa shape index (κ1) is 23.5. The van der Waals surface area contributed by atoms with Gasteiger partial charge in [-0.25, -0.2) is 0 Å². The van der Waals surface area contributed by atoms with E-state index in [1.165, 1.54) is 44.9 Å². The number of carbonyl (C=O) groups excluding carboxylic acids is 1. The summed E-state index contributed by atoms with van der Waals surface area (Å²) in [5.41, 5.74) is 6.94. The normalized spacial score (nSPS) is 48.1. The van der Waals surface area contributed by atoms with E-state index in [1.54, 1.807) is 0 Å². The van der Waals surface area contributed by atoms with Crippen molar-refractivity contribution >= 4 is 5.78 Å². The Hall–Kier alpha value is -0.630. The van der Waals surface area contributed by atoms with E-state index in [9.17, 15) is 4.79 Å². The van der Waals surface area contributed by atoms with Gasteiger partial charge in [-0.3, -0.25) is 4.79 Å². The Labute approximate surface area is 192 Å². The summed E-state index contributed by atoms with van der Waals surface area (Å²) >= 11 is 0. The minimum absolute atomic E-state index is 0.0833. The number of hydrogen-bond donors (Lipinski definition) is 1. The summed E-state index contributed by atoms with van der Waals surface area (Å²) < 4.78 is 0. The minimum Gasteiger partial charge on any atom is -0.328 e. The molecule has 10 atom stereocenters. The molecule has 0 amide bonds. The lowest BCUT2D eigenvalue weighted by Gasteiger charge is -2.62. The minimum atomic E-state index is 0.0833. The second-order valence-electron chi connectivity index (χ2n) is 13.1. The van der Waals surface area contributed by atoms with Gasteiger partial charge in [0.1, 0.15) is 5.78 Å². The fraction of sp³-hybridized carbons (Fsp3) is 0.897.